The lowest BCUT2D eigenvalue weighted by molar-refractivity contribution is 0.0979. The Labute approximate surface area is 233 Å². The number of carbonyl (C=O) groups excluding carboxylic acids is 1. The fourth-order valence-electron chi connectivity index (χ4n) is 6.78. The predicted molar refractivity (Wildman–Crippen MR) is 151 cm³/mol. The number of hydrogen-bond acceptors (Lipinski definition) is 5. The second-order valence-electron chi connectivity index (χ2n) is 11.4. The van der Waals surface area contributed by atoms with Crippen molar-refractivity contribution < 1.29 is 27.9 Å². The first kappa shape index (κ1) is 26.6. The molecule has 2 aromatic carbocycles. The predicted octanol–water partition coefficient (Wildman–Crippen LogP) is 4.41. The van der Waals surface area contributed by atoms with E-state index >= 15 is 0 Å². The van der Waals surface area contributed by atoms with Crippen LogP contribution in [0, 0.1) is 0 Å². The average molecular weight is 567 g/mol. The number of rotatable bonds is 6. The summed E-state index contributed by atoms with van der Waals surface area (Å²) in [5, 5.41) is 13.6. The molecular weight excluding hydrogens is 532 g/mol. The fourth-order valence-corrected chi connectivity index (χ4v) is 7.31. The van der Waals surface area contributed by atoms with Gasteiger partial charge in [-0.3, -0.25) is 4.79 Å². The summed E-state index contributed by atoms with van der Waals surface area (Å²) < 4.78 is 35.5. The summed E-state index contributed by atoms with van der Waals surface area (Å²) in [4.78, 5) is 25.0. The number of nitrogens with one attached hydrogen (secondary N) is 2. The molecule has 3 aliphatic rings. The number of hydrogen-bond donors (Lipinski definition) is 3. The number of amides is 2. The molecule has 0 spiro atoms. The van der Waals surface area contributed by atoms with Crippen LogP contribution in [0.2, 0.25) is 0 Å². The van der Waals surface area contributed by atoms with Gasteiger partial charge in [-0.05, 0) is 66.6 Å². The number of ether oxygens (including phenoxy) is 1. The second-order valence-corrected chi connectivity index (χ2v) is 13.3. The van der Waals surface area contributed by atoms with Crippen LogP contribution in [0.4, 0.5) is 4.79 Å². The maximum atomic E-state index is 13.1. The lowest BCUT2D eigenvalue weighted by atomic mass is 9.81. The Balaban J connectivity index is 1.59. The van der Waals surface area contributed by atoms with Crippen molar-refractivity contribution in [2.75, 3.05) is 21.2 Å². The third-order valence-electron chi connectivity index (χ3n) is 8.84. The Morgan fingerprint density at radius 2 is 1.85 bits per heavy atom. The van der Waals surface area contributed by atoms with E-state index in [1.807, 2.05) is 18.2 Å². The molecule has 2 saturated carbocycles. The minimum absolute atomic E-state index is 0.0143. The van der Waals surface area contributed by atoms with E-state index in [9.17, 15) is 23.1 Å². The summed E-state index contributed by atoms with van der Waals surface area (Å²) >= 11 is 0. The molecule has 3 aromatic rings. The third-order valence-corrected chi connectivity index (χ3v) is 10.2. The first-order chi connectivity index (χ1) is 19.0. The van der Waals surface area contributed by atoms with Gasteiger partial charge in [0.05, 0.1) is 18.3 Å². The van der Waals surface area contributed by atoms with Crippen LogP contribution in [0.1, 0.15) is 71.8 Å². The standard InChI is InChI=1S/C29H34N4O6S/c1-32(2)40(37,38)31-27(34)18-9-11-21-24(13-18)33-16-29(30-28(35)36)15-23(29)22-14-19(39-3)10-12-20(22)26(33)25(21)17-7-5-4-6-8-17/h9-14,17,23,30H,4-8,15-16H2,1-3H3,(H,31,34)(H,35,36). The van der Waals surface area contributed by atoms with Gasteiger partial charge in [-0.25, -0.2) is 9.52 Å². The molecule has 40 heavy (non-hydrogen) atoms. The van der Waals surface area contributed by atoms with Crippen LogP contribution in [0.15, 0.2) is 36.4 Å². The zero-order valence-electron chi connectivity index (χ0n) is 22.9. The molecule has 2 atom stereocenters. The van der Waals surface area contributed by atoms with Gasteiger partial charge in [0.1, 0.15) is 5.75 Å². The monoisotopic (exact) mass is 566 g/mol. The molecule has 11 heteroatoms. The van der Waals surface area contributed by atoms with Crippen LogP contribution in [0.25, 0.3) is 22.2 Å². The Kier molecular flexibility index (Phi) is 6.34. The van der Waals surface area contributed by atoms with Gasteiger partial charge in [-0.1, -0.05) is 25.3 Å². The zero-order chi connectivity index (χ0) is 28.4. The van der Waals surface area contributed by atoms with E-state index in [1.165, 1.54) is 26.1 Å². The number of benzene rings is 2. The molecule has 2 unspecified atom stereocenters. The first-order valence-electron chi connectivity index (χ1n) is 13.6. The highest BCUT2D eigenvalue weighted by atomic mass is 32.2. The van der Waals surface area contributed by atoms with Gasteiger partial charge < -0.3 is 19.7 Å². The Morgan fingerprint density at radius 3 is 2.52 bits per heavy atom. The van der Waals surface area contributed by atoms with E-state index in [0.29, 0.717) is 18.9 Å². The van der Waals surface area contributed by atoms with Crippen molar-refractivity contribution in [1.29, 1.82) is 0 Å². The maximum Gasteiger partial charge on any atom is 0.405 e. The molecule has 1 aliphatic heterocycles. The number of methoxy groups -OCH3 is 1. The van der Waals surface area contributed by atoms with Crippen molar-refractivity contribution in [1.82, 2.24) is 18.9 Å². The number of carboxylic acid groups (broad SMARTS) is 1. The van der Waals surface area contributed by atoms with E-state index < -0.39 is 27.7 Å². The van der Waals surface area contributed by atoms with Crippen molar-refractivity contribution in [3.63, 3.8) is 0 Å². The van der Waals surface area contributed by atoms with Crippen LogP contribution < -0.4 is 14.8 Å². The van der Waals surface area contributed by atoms with Crippen LogP contribution in [0.5, 0.6) is 5.75 Å². The Bertz CT molecular complexity index is 1640. The van der Waals surface area contributed by atoms with E-state index in [2.05, 4.69) is 20.7 Å². The average Bonchev–Trinajstić information content (AvgIpc) is 3.54. The van der Waals surface area contributed by atoms with Crippen molar-refractivity contribution >= 4 is 33.1 Å². The van der Waals surface area contributed by atoms with Gasteiger partial charge in [0, 0.05) is 48.6 Å². The molecule has 6 rings (SSSR count). The maximum absolute atomic E-state index is 13.1. The van der Waals surface area contributed by atoms with Crippen LogP contribution in [-0.2, 0) is 16.8 Å². The molecule has 2 aliphatic carbocycles. The van der Waals surface area contributed by atoms with E-state index in [0.717, 1.165) is 63.5 Å². The number of carbonyl (C=O) groups is 2. The fraction of sp³-hybridized carbons (Fsp3) is 0.448. The molecule has 10 nitrogen and oxygen atoms in total. The lowest BCUT2D eigenvalue weighted by Crippen LogP contribution is -2.40. The normalized spacial score (nSPS) is 22.1. The molecule has 1 aromatic heterocycles. The molecule has 0 bridgehead atoms. The Morgan fingerprint density at radius 1 is 1.10 bits per heavy atom. The van der Waals surface area contributed by atoms with Gasteiger partial charge in [0.25, 0.3) is 5.91 Å². The van der Waals surface area contributed by atoms with Crippen molar-refractivity contribution in [3.05, 3.63) is 53.1 Å². The third kappa shape index (κ3) is 4.32. The number of aromatic nitrogens is 1. The van der Waals surface area contributed by atoms with Crippen molar-refractivity contribution in [2.24, 2.45) is 0 Å². The molecule has 0 saturated heterocycles. The minimum Gasteiger partial charge on any atom is -0.497 e. The zero-order valence-corrected chi connectivity index (χ0v) is 23.7. The van der Waals surface area contributed by atoms with Crippen molar-refractivity contribution in [2.45, 2.75) is 62.4 Å². The summed E-state index contributed by atoms with van der Waals surface area (Å²) in [7, 11) is 0.374. The van der Waals surface area contributed by atoms with E-state index in [4.69, 9.17) is 4.74 Å². The van der Waals surface area contributed by atoms with E-state index in [1.54, 1.807) is 19.2 Å². The molecule has 2 heterocycles. The summed E-state index contributed by atoms with van der Waals surface area (Å²) in [6.07, 6.45) is 5.18. The molecule has 0 radical (unpaired) electrons. The second kappa shape index (κ2) is 9.52. The largest absolute Gasteiger partial charge is 0.497 e. The van der Waals surface area contributed by atoms with E-state index in [-0.39, 0.29) is 11.5 Å². The topological polar surface area (TPSA) is 130 Å². The summed E-state index contributed by atoms with van der Waals surface area (Å²) in [5.41, 5.74) is 4.71. The SMILES string of the molecule is COc1ccc2c(c1)C1CC1(NC(=O)O)Cn1c-2c(C2CCCCC2)c2ccc(C(=O)NS(=O)(=O)N(C)C)cc21. The van der Waals surface area contributed by atoms with Gasteiger partial charge >= 0.3 is 16.3 Å². The highest BCUT2D eigenvalue weighted by molar-refractivity contribution is 7.87. The van der Waals surface area contributed by atoms with Crippen LogP contribution in [-0.4, -0.2) is 61.1 Å². The molecular formula is C29H34N4O6S. The number of fused-ring (bicyclic) bond motifs is 7. The lowest BCUT2D eigenvalue weighted by Gasteiger charge is -2.24. The van der Waals surface area contributed by atoms with Crippen molar-refractivity contribution in [3.8, 4) is 17.0 Å². The highest BCUT2D eigenvalue weighted by Gasteiger charge is 2.59. The van der Waals surface area contributed by atoms with Crippen LogP contribution in [0.3, 0.4) is 0 Å². The van der Waals surface area contributed by atoms with Crippen LogP contribution >= 0.6 is 0 Å². The van der Waals surface area contributed by atoms with Gasteiger partial charge in [-0.2, -0.15) is 12.7 Å². The molecule has 212 valence electrons. The smallest absolute Gasteiger partial charge is 0.405 e. The summed E-state index contributed by atoms with van der Waals surface area (Å²) in [5.74, 6) is 0.320. The van der Waals surface area contributed by atoms with Gasteiger partial charge in [-0.15, -0.1) is 0 Å². The quantitative estimate of drug-likeness (QED) is 0.405. The summed E-state index contributed by atoms with van der Waals surface area (Å²) in [6.45, 7) is 0.403. The highest BCUT2D eigenvalue weighted by Crippen LogP contribution is 2.59. The number of nitrogens with zero attached hydrogens (tertiary/aromatic N) is 2. The molecule has 2 amide bonds. The van der Waals surface area contributed by atoms with Gasteiger partial charge in [0.2, 0.25) is 0 Å². The molecule has 2 fully saturated rings. The Hall–Kier alpha value is -3.57. The minimum atomic E-state index is -3.97. The summed E-state index contributed by atoms with van der Waals surface area (Å²) in [6, 6.07) is 11.4. The van der Waals surface area contributed by atoms with Gasteiger partial charge in [0.15, 0.2) is 0 Å². The first-order valence-corrected chi connectivity index (χ1v) is 15.1. The molecule has 3 N–H and O–H groups in total.